The Morgan fingerprint density at radius 2 is 2.37 bits per heavy atom. The summed E-state index contributed by atoms with van der Waals surface area (Å²) in [5.74, 6) is -0.112. The molecule has 0 saturated carbocycles. The van der Waals surface area contributed by atoms with Gasteiger partial charge in [0.1, 0.15) is 5.69 Å². The van der Waals surface area contributed by atoms with Gasteiger partial charge in [0.25, 0.3) is 5.91 Å². The van der Waals surface area contributed by atoms with Crippen molar-refractivity contribution in [1.82, 2.24) is 15.6 Å². The second-order valence-electron chi connectivity index (χ2n) is 5.49. The summed E-state index contributed by atoms with van der Waals surface area (Å²) in [6.07, 6.45) is 1.70. The van der Waals surface area contributed by atoms with Crippen LogP contribution in [0.25, 0.3) is 0 Å². The fourth-order valence-corrected chi connectivity index (χ4v) is 2.35. The van der Waals surface area contributed by atoms with Crippen LogP contribution in [0, 0.1) is 0 Å². The third-order valence-electron chi connectivity index (χ3n) is 3.25. The molecule has 0 atom stereocenters. The van der Waals surface area contributed by atoms with E-state index in [2.05, 4.69) is 34.4 Å². The molecule has 19 heavy (non-hydrogen) atoms. The highest BCUT2D eigenvalue weighted by molar-refractivity contribution is 5.93. The van der Waals surface area contributed by atoms with Gasteiger partial charge in [0.05, 0.1) is 0 Å². The van der Waals surface area contributed by atoms with Crippen LogP contribution in [0.2, 0.25) is 0 Å². The largest absolute Gasteiger partial charge is 0.368 e. The summed E-state index contributed by atoms with van der Waals surface area (Å²) in [5.41, 5.74) is 1.63. The van der Waals surface area contributed by atoms with Crippen molar-refractivity contribution >= 4 is 11.6 Å². The Kier molecular flexibility index (Phi) is 4.04. The van der Waals surface area contributed by atoms with Crippen molar-refractivity contribution in [2.75, 3.05) is 31.1 Å². The van der Waals surface area contributed by atoms with E-state index in [1.807, 2.05) is 19.1 Å². The minimum absolute atomic E-state index is 0.0906. The average Bonchev–Trinajstić information content (AvgIpc) is 2.38. The molecule has 1 saturated heterocycles. The lowest BCUT2D eigenvalue weighted by Gasteiger charge is -2.40. The Bertz CT molecular complexity index is 459. The highest BCUT2D eigenvalue weighted by Gasteiger charge is 2.26. The average molecular weight is 262 g/mol. The van der Waals surface area contributed by atoms with Crippen LogP contribution in [0.5, 0.6) is 0 Å². The summed E-state index contributed by atoms with van der Waals surface area (Å²) in [6, 6.07) is 3.83. The number of hydrogen-bond acceptors (Lipinski definition) is 4. The highest BCUT2D eigenvalue weighted by atomic mass is 16.1. The van der Waals surface area contributed by atoms with Gasteiger partial charge in [-0.3, -0.25) is 9.78 Å². The van der Waals surface area contributed by atoms with Crippen LogP contribution in [0.4, 0.5) is 5.69 Å². The fourth-order valence-electron chi connectivity index (χ4n) is 2.35. The van der Waals surface area contributed by atoms with E-state index in [0.29, 0.717) is 12.2 Å². The Labute approximate surface area is 114 Å². The van der Waals surface area contributed by atoms with Crippen molar-refractivity contribution < 1.29 is 4.79 Å². The van der Waals surface area contributed by atoms with Crippen LogP contribution in [0.1, 0.15) is 31.3 Å². The number of amides is 1. The summed E-state index contributed by atoms with van der Waals surface area (Å²) in [6.45, 7) is 9.71. The Morgan fingerprint density at radius 1 is 1.58 bits per heavy atom. The molecule has 0 unspecified atom stereocenters. The number of nitrogens with one attached hydrogen (secondary N) is 2. The SMILES string of the molecule is CCNC(=O)c1cc(N2CCNC(C)(C)C2)ccn1. The zero-order valence-corrected chi connectivity index (χ0v) is 11.9. The van der Waals surface area contributed by atoms with Crippen LogP contribution in [0.3, 0.4) is 0 Å². The van der Waals surface area contributed by atoms with E-state index in [-0.39, 0.29) is 11.4 Å². The van der Waals surface area contributed by atoms with Gasteiger partial charge >= 0.3 is 0 Å². The molecule has 0 radical (unpaired) electrons. The van der Waals surface area contributed by atoms with Gasteiger partial charge in [-0.2, -0.15) is 0 Å². The van der Waals surface area contributed by atoms with E-state index in [4.69, 9.17) is 0 Å². The lowest BCUT2D eigenvalue weighted by atomic mass is 10.0. The second kappa shape index (κ2) is 5.57. The van der Waals surface area contributed by atoms with Gasteiger partial charge in [-0.1, -0.05) is 0 Å². The third-order valence-corrected chi connectivity index (χ3v) is 3.25. The predicted octanol–water partition coefficient (Wildman–Crippen LogP) is 1.02. The van der Waals surface area contributed by atoms with Gasteiger partial charge in [0.15, 0.2) is 0 Å². The molecule has 1 amide bonds. The van der Waals surface area contributed by atoms with E-state index in [9.17, 15) is 4.79 Å². The number of nitrogens with zero attached hydrogens (tertiary/aromatic N) is 2. The summed E-state index contributed by atoms with van der Waals surface area (Å²) in [4.78, 5) is 18.2. The lowest BCUT2D eigenvalue weighted by molar-refractivity contribution is 0.0951. The lowest BCUT2D eigenvalue weighted by Crippen LogP contribution is -2.57. The van der Waals surface area contributed by atoms with Crippen LogP contribution in [-0.2, 0) is 0 Å². The molecule has 5 nitrogen and oxygen atoms in total. The normalized spacial score (nSPS) is 18.2. The van der Waals surface area contributed by atoms with Gasteiger partial charge in [-0.25, -0.2) is 0 Å². The number of pyridine rings is 1. The first-order valence-corrected chi connectivity index (χ1v) is 6.76. The fraction of sp³-hybridized carbons (Fsp3) is 0.571. The molecule has 104 valence electrons. The maximum atomic E-state index is 11.8. The molecular formula is C14H22N4O. The van der Waals surface area contributed by atoms with Gasteiger partial charge in [0.2, 0.25) is 0 Å². The summed E-state index contributed by atoms with van der Waals surface area (Å²) in [5, 5.41) is 6.26. The number of piperazine rings is 1. The molecule has 1 aliphatic heterocycles. The van der Waals surface area contributed by atoms with Crippen LogP contribution in [0.15, 0.2) is 18.3 Å². The molecule has 1 aromatic heterocycles. The number of carbonyl (C=O) groups excluding carboxylic acids is 1. The molecule has 0 aromatic carbocycles. The quantitative estimate of drug-likeness (QED) is 0.854. The molecule has 2 N–H and O–H groups in total. The number of carbonyl (C=O) groups is 1. The van der Waals surface area contributed by atoms with E-state index in [0.717, 1.165) is 25.3 Å². The van der Waals surface area contributed by atoms with Crippen molar-refractivity contribution in [2.24, 2.45) is 0 Å². The summed E-state index contributed by atoms with van der Waals surface area (Å²) < 4.78 is 0. The molecular weight excluding hydrogens is 240 g/mol. The maximum Gasteiger partial charge on any atom is 0.269 e. The Morgan fingerprint density at radius 3 is 3.05 bits per heavy atom. The number of hydrogen-bond donors (Lipinski definition) is 2. The van der Waals surface area contributed by atoms with Crippen molar-refractivity contribution in [3.05, 3.63) is 24.0 Å². The van der Waals surface area contributed by atoms with Crippen LogP contribution in [-0.4, -0.2) is 42.6 Å². The van der Waals surface area contributed by atoms with Crippen molar-refractivity contribution in [1.29, 1.82) is 0 Å². The van der Waals surface area contributed by atoms with E-state index < -0.39 is 0 Å². The molecule has 0 aliphatic carbocycles. The Hall–Kier alpha value is -1.62. The maximum absolute atomic E-state index is 11.8. The Balaban J connectivity index is 2.16. The smallest absolute Gasteiger partial charge is 0.269 e. The monoisotopic (exact) mass is 262 g/mol. The summed E-state index contributed by atoms with van der Waals surface area (Å²) >= 11 is 0. The standard InChI is InChI=1S/C14H22N4O/c1-4-15-13(19)12-9-11(5-6-16-12)18-8-7-17-14(2,3)10-18/h5-6,9,17H,4,7-8,10H2,1-3H3,(H,15,19). The summed E-state index contributed by atoms with van der Waals surface area (Å²) in [7, 11) is 0. The van der Waals surface area contributed by atoms with Crippen molar-refractivity contribution in [3.63, 3.8) is 0 Å². The highest BCUT2D eigenvalue weighted by Crippen LogP contribution is 2.20. The molecule has 0 spiro atoms. The number of aromatic nitrogens is 1. The topological polar surface area (TPSA) is 57.3 Å². The molecule has 1 aliphatic rings. The second-order valence-corrected chi connectivity index (χ2v) is 5.49. The molecule has 2 rings (SSSR count). The molecule has 1 aromatic rings. The molecule has 2 heterocycles. The number of anilines is 1. The van der Waals surface area contributed by atoms with Crippen molar-refractivity contribution in [2.45, 2.75) is 26.3 Å². The first-order valence-electron chi connectivity index (χ1n) is 6.76. The minimum Gasteiger partial charge on any atom is -0.368 e. The number of rotatable bonds is 3. The third kappa shape index (κ3) is 3.44. The van der Waals surface area contributed by atoms with Crippen molar-refractivity contribution in [3.8, 4) is 0 Å². The van der Waals surface area contributed by atoms with E-state index in [1.165, 1.54) is 0 Å². The van der Waals surface area contributed by atoms with Crippen LogP contribution >= 0.6 is 0 Å². The van der Waals surface area contributed by atoms with Crippen LogP contribution < -0.4 is 15.5 Å². The molecule has 0 bridgehead atoms. The zero-order chi connectivity index (χ0) is 13.9. The van der Waals surface area contributed by atoms with Gasteiger partial charge in [-0.05, 0) is 32.9 Å². The van der Waals surface area contributed by atoms with Gasteiger partial charge in [-0.15, -0.1) is 0 Å². The minimum atomic E-state index is -0.112. The molecule has 1 fully saturated rings. The first kappa shape index (κ1) is 13.8. The zero-order valence-electron chi connectivity index (χ0n) is 11.9. The van der Waals surface area contributed by atoms with E-state index in [1.54, 1.807) is 6.20 Å². The van der Waals surface area contributed by atoms with Gasteiger partial charge < -0.3 is 15.5 Å². The molecule has 5 heteroatoms. The van der Waals surface area contributed by atoms with Gasteiger partial charge in [0, 0.05) is 43.6 Å². The predicted molar refractivity (Wildman–Crippen MR) is 76.5 cm³/mol. The van der Waals surface area contributed by atoms with E-state index >= 15 is 0 Å². The first-order chi connectivity index (χ1) is 9.02.